The van der Waals surface area contributed by atoms with Crippen molar-refractivity contribution in [1.82, 2.24) is 4.90 Å². The molecule has 3 aromatic rings. The highest BCUT2D eigenvalue weighted by Crippen LogP contribution is 2.39. The van der Waals surface area contributed by atoms with Crippen LogP contribution in [0.1, 0.15) is 65.9 Å². The number of fused-ring (bicyclic) bond motifs is 2. The number of carbonyl (C=O) groups excluding carboxylic acids is 1. The molecule has 1 aromatic heterocycles. The molecule has 0 radical (unpaired) electrons. The van der Waals surface area contributed by atoms with Gasteiger partial charge in [-0.05, 0) is 48.1 Å². The Morgan fingerprint density at radius 1 is 1.13 bits per heavy atom. The third-order valence-electron chi connectivity index (χ3n) is 6.27. The first-order chi connectivity index (χ1) is 14.9. The summed E-state index contributed by atoms with van der Waals surface area (Å²) < 4.78 is 12.6. The van der Waals surface area contributed by atoms with Crippen LogP contribution in [0.4, 0.5) is 0 Å². The summed E-state index contributed by atoms with van der Waals surface area (Å²) in [6, 6.07) is 13.0. The van der Waals surface area contributed by atoms with Crippen LogP contribution in [-0.4, -0.2) is 30.1 Å². The molecule has 0 bridgehead atoms. The molecule has 3 heterocycles. The van der Waals surface area contributed by atoms with Gasteiger partial charge in [0.15, 0.2) is 5.43 Å². The lowest BCUT2D eigenvalue weighted by atomic mass is 9.95. The van der Waals surface area contributed by atoms with Crippen LogP contribution in [0, 0.1) is 0 Å². The monoisotopic (exact) mass is 481 g/mol. The number of benzene rings is 2. The van der Waals surface area contributed by atoms with Crippen LogP contribution in [0.2, 0.25) is 0 Å². The lowest BCUT2D eigenvalue weighted by molar-refractivity contribution is 0.0486. The summed E-state index contributed by atoms with van der Waals surface area (Å²) in [7, 11) is 0. The van der Waals surface area contributed by atoms with E-state index in [1.807, 2.05) is 18.2 Å². The van der Waals surface area contributed by atoms with Crippen LogP contribution < -0.4 is 5.43 Å². The van der Waals surface area contributed by atoms with E-state index >= 15 is 0 Å². The van der Waals surface area contributed by atoms with E-state index in [9.17, 15) is 9.59 Å². The van der Waals surface area contributed by atoms with Gasteiger partial charge >= 0.3 is 0 Å². The standard InChI is InChI=1S/C25H24BrNO4/c1-14(2)15-5-7-16(8-6-15)22-21-23(28)19-12-17(26)9-10-20(19)31-24(21)25(29)27(22)13-18-4-3-11-30-18/h5-10,12,14,18,22H,3-4,11,13H2,1-2H3/t18-,22-/m0/s1. The largest absolute Gasteiger partial charge is 0.450 e. The zero-order chi connectivity index (χ0) is 21.7. The minimum atomic E-state index is -0.479. The molecule has 1 amide bonds. The lowest BCUT2D eigenvalue weighted by Gasteiger charge is -2.27. The van der Waals surface area contributed by atoms with Crippen molar-refractivity contribution < 1.29 is 13.9 Å². The van der Waals surface area contributed by atoms with E-state index in [4.69, 9.17) is 9.15 Å². The van der Waals surface area contributed by atoms with Gasteiger partial charge in [-0.15, -0.1) is 0 Å². The van der Waals surface area contributed by atoms with E-state index in [1.165, 1.54) is 5.56 Å². The number of hydrogen-bond donors (Lipinski definition) is 0. The number of halogens is 1. The molecule has 1 saturated heterocycles. The first kappa shape index (κ1) is 20.5. The van der Waals surface area contributed by atoms with Crippen molar-refractivity contribution in [2.75, 3.05) is 13.2 Å². The predicted octanol–water partition coefficient (Wildman–Crippen LogP) is 5.40. The Hall–Kier alpha value is -2.44. The van der Waals surface area contributed by atoms with E-state index in [0.29, 0.717) is 35.6 Å². The number of rotatable bonds is 4. The fourth-order valence-corrected chi connectivity index (χ4v) is 4.96. The van der Waals surface area contributed by atoms with Crippen LogP contribution in [-0.2, 0) is 4.74 Å². The van der Waals surface area contributed by atoms with Gasteiger partial charge in [-0.3, -0.25) is 9.59 Å². The van der Waals surface area contributed by atoms with Crippen molar-refractivity contribution >= 4 is 32.8 Å². The van der Waals surface area contributed by atoms with Gasteiger partial charge in [0.1, 0.15) is 5.58 Å². The molecule has 2 aliphatic heterocycles. The number of ether oxygens (including phenoxy) is 1. The molecule has 0 unspecified atom stereocenters. The predicted molar refractivity (Wildman–Crippen MR) is 123 cm³/mol. The van der Waals surface area contributed by atoms with Crippen LogP contribution in [0.3, 0.4) is 0 Å². The molecular weight excluding hydrogens is 458 g/mol. The van der Waals surface area contributed by atoms with Crippen molar-refractivity contribution in [1.29, 1.82) is 0 Å². The van der Waals surface area contributed by atoms with Crippen LogP contribution >= 0.6 is 15.9 Å². The van der Waals surface area contributed by atoms with E-state index < -0.39 is 6.04 Å². The Labute approximate surface area is 189 Å². The number of carbonyl (C=O) groups is 1. The summed E-state index contributed by atoms with van der Waals surface area (Å²) in [5, 5.41) is 0.476. The van der Waals surface area contributed by atoms with Crippen LogP contribution in [0.15, 0.2) is 56.1 Å². The third kappa shape index (κ3) is 3.52. The highest BCUT2D eigenvalue weighted by molar-refractivity contribution is 9.10. The zero-order valence-electron chi connectivity index (χ0n) is 17.6. The highest BCUT2D eigenvalue weighted by atomic mass is 79.9. The summed E-state index contributed by atoms with van der Waals surface area (Å²) in [4.78, 5) is 28.8. The van der Waals surface area contributed by atoms with Gasteiger partial charge in [0.05, 0.1) is 23.1 Å². The minimum Gasteiger partial charge on any atom is -0.450 e. The van der Waals surface area contributed by atoms with Crippen molar-refractivity contribution in [3.63, 3.8) is 0 Å². The van der Waals surface area contributed by atoms with Gasteiger partial charge in [-0.2, -0.15) is 0 Å². The highest BCUT2D eigenvalue weighted by Gasteiger charge is 2.43. The second kappa shape index (κ2) is 7.92. The smallest absolute Gasteiger partial charge is 0.291 e. The van der Waals surface area contributed by atoms with E-state index in [1.54, 1.807) is 17.0 Å². The molecule has 2 aliphatic rings. The molecule has 0 aliphatic carbocycles. The topological polar surface area (TPSA) is 59.8 Å². The molecule has 0 spiro atoms. The molecule has 2 atom stereocenters. The summed E-state index contributed by atoms with van der Waals surface area (Å²) in [6.45, 7) is 5.44. The Morgan fingerprint density at radius 2 is 1.90 bits per heavy atom. The van der Waals surface area contributed by atoms with E-state index in [-0.39, 0.29) is 23.2 Å². The molecular formula is C25H24BrNO4. The van der Waals surface area contributed by atoms with Gasteiger partial charge in [0.2, 0.25) is 5.76 Å². The van der Waals surface area contributed by atoms with Crippen LogP contribution in [0.25, 0.3) is 11.0 Å². The third-order valence-corrected chi connectivity index (χ3v) is 6.76. The van der Waals surface area contributed by atoms with Gasteiger partial charge in [0.25, 0.3) is 5.91 Å². The average molecular weight is 482 g/mol. The summed E-state index contributed by atoms with van der Waals surface area (Å²) in [6.07, 6.45) is 1.88. The SMILES string of the molecule is CC(C)c1ccc([C@H]2c3c(oc4ccc(Br)cc4c3=O)C(=O)N2C[C@@H]2CCCO2)cc1. The molecule has 160 valence electrons. The Kier molecular flexibility index (Phi) is 5.22. The fraction of sp³-hybridized carbons (Fsp3) is 0.360. The number of amides is 1. The molecule has 2 aromatic carbocycles. The maximum Gasteiger partial charge on any atom is 0.291 e. The first-order valence-electron chi connectivity index (χ1n) is 10.7. The first-order valence-corrected chi connectivity index (χ1v) is 11.5. The summed E-state index contributed by atoms with van der Waals surface area (Å²) in [5.41, 5.74) is 2.82. The number of nitrogens with zero attached hydrogens (tertiary/aromatic N) is 1. The van der Waals surface area contributed by atoms with Crippen molar-refractivity contribution in [3.8, 4) is 0 Å². The summed E-state index contributed by atoms with van der Waals surface area (Å²) in [5.74, 6) is 0.307. The van der Waals surface area contributed by atoms with Crippen molar-refractivity contribution in [3.05, 3.63) is 79.6 Å². The molecule has 6 heteroatoms. The van der Waals surface area contributed by atoms with Gasteiger partial charge in [-0.25, -0.2) is 0 Å². The van der Waals surface area contributed by atoms with Crippen LogP contribution in [0.5, 0.6) is 0 Å². The normalized spacial score (nSPS) is 20.8. The minimum absolute atomic E-state index is 0.0191. The maximum atomic E-state index is 13.6. The van der Waals surface area contributed by atoms with Crippen molar-refractivity contribution in [2.45, 2.75) is 44.8 Å². The number of hydrogen-bond acceptors (Lipinski definition) is 4. The molecule has 1 fully saturated rings. The Bertz CT molecular complexity index is 1210. The Balaban J connectivity index is 1.68. The lowest BCUT2D eigenvalue weighted by Crippen LogP contribution is -2.36. The Morgan fingerprint density at radius 3 is 2.58 bits per heavy atom. The van der Waals surface area contributed by atoms with Crippen molar-refractivity contribution in [2.24, 2.45) is 0 Å². The molecule has 0 N–H and O–H groups in total. The summed E-state index contributed by atoms with van der Waals surface area (Å²) >= 11 is 3.44. The molecule has 0 saturated carbocycles. The molecule has 31 heavy (non-hydrogen) atoms. The second-order valence-corrected chi connectivity index (χ2v) is 9.55. The van der Waals surface area contributed by atoms with Gasteiger partial charge in [0, 0.05) is 17.6 Å². The maximum absolute atomic E-state index is 13.6. The molecule has 5 nitrogen and oxygen atoms in total. The average Bonchev–Trinajstić information content (AvgIpc) is 3.36. The van der Waals surface area contributed by atoms with Gasteiger partial charge in [-0.1, -0.05) is 54.0 Å². The van der Waals surface area contributed by atoms with E-state index in [0.717, 1.165) is 22.9 Å². The quantitative estimate of drug-likeness (QED) is 0.500. The van der Waals surface area contributed by atoms with Gasteiger partial charge < -0.3 is 14.1 Å². The molecule has 5 rings (SSSR count). The zero-order valence-corrected chi connectivity index (χ0v) is 19.1. The fourth-order valence-electron chi connectivity index (χ4n) is 4.60. The second-order valence-electron chi connectivity index (χ2n) is 8.63. The van der Waals surface area contributed by atoms with E-state index in [2.05, 4.69) is 41.9 Å².